The lowest BCUT2D eigenvalue weighted by Gasteiger charge is -2.11. The number of anilines is 1. The molecule has 2 N–H and O–H groups in total. The van der Waals surface area contributed by atoms with Crippen LogP contribution in [-0.2, 0) is 6.61 Å². The van der Waals surface area contributed by atoms with Gasteiger partial charge in [0.25, 0.3) is 0 Å². The van der Waals surface area contributed by atoms with Crippen molar-refractivity contribution in [3.8, 4) is 17.2 Å². The first kappa shape index (κ1) is 15.0. The summed E-state index contributed by atoms with van der Waals surface area (Å²) in [5.74, 6) is 2.27. The molecular formula is C17H21NO3. The first-order chi connectivity index (χ1) is 10.2. The Bertz CT molecular complexity index is 567. The zero-order valence-corrected chi connectivity index (χ0v) is 12.5. The van der Waals surface area contributed by atoms with E-state index < -0.39 is 0 Å². The standard InChI is InChI=1S/C17H21NO3/c1-3-8-20-16-9-14(18)10-17(11-16)21-12-13-4-6-15(19-2)7-5-13/h4-7,9-11H,3,8,12,18H2,1-2H3. The Hall–Kier alpha value is -2.36. The molecule has 0 spiro atoms. The maximum atomic E-state index is 5.86. The molecule has 0 radical (unpaired) electrons. The fourth-order valence-electron chi connectivity index (χ4n) is 1.87. The van der Waals surface area contributed by atoms with Crippen LogP contribution in [0.15, 0.2) is 42.5 Å². The van der Waals surface area contributed by atoms with Gasteiger partial charge in [-0.3, -0.25) is 0 Å². The Morgan fingerprint density at radius 3 is 2.19 bits per heavy atom. The first-order valence-corrected chi connectivity index (χ1v) is 7.00. The van der Waals surface area contributed by atoms with Crippen LogP contribution in [0.5, 0.6) is 17.2 Å². The number of nitrogens with two attached hydrogens (primary N) is 1. The maximum Gasteiger partial charge on any atom is 0.125 e. The number of ether oxygens (including phenoxy) is 3. The van der Waals surface area contributed by atoms with Gasteiger partial charge in [0.05, 0.1) is 13.7 Å². The molecule has 4 heteroatoms. The summed E-state index contributed by atoms with van der Waals surface area (Å²) in [7, 11) is 1.65. The molecule has 0 saturated carbocycles. The largest absolute Gasteiger partial charge is 0.497 e. The van der Waals surface area contributed by atoms with Gasteiger partial charge in [0.1, 0.15) is 23.9 Å². The predicted molar refractivity (Wildman–Crippen MR) is 84.0 cm³/mol. The van der Waals surface area contributed by atoms with E-state index in [2.05, 4.69) is 6.92 Å². The monoisotopic (exact) mass is 287 g/mol. The molecule has 0 bridgehead atoms. The van der Waals surface area contributed by atoms with Gasteiger partial charge in [-0.15, -0.1) is 0 Å². The van der Waals surface area contributed by atoms with E-state index in [4.69, 9.17) is 19.9 Å². The van der Waals surface area contributed by atoms with E-state index in [0.717, 1.165) is 23.5 Å². The van der Waals surface area contributed by atoms with Gasteiger partial charge in [0.15, 0.2) is 0 Å². The van der Waals surface area contributed by atoms with Crippen LogP contribution in [0.2, 0.25) is 0 Å². The lowest BCUT2D eigenvalue weighted by atomic mass is 10.2. The van der Waals surface area contributed by atoms with Gasteiger partial charge in [-0.1, -0.05) is 19.1 Å². The van der Waals surface area contributed by atoms with Crippen molar-refractivity contribution in [3.63, 3.8) is 0 Å². The molecule has 2 aromatic carbocycles. The Morgan fingerprint density at radius 1 is 0.905 bits per heavy atom. The molecule has 0 heterocycles. The predicted octanol–water partition coefficient (Wildman–Crippen LogP) is 3.65. The zero-order chi connectivity index (χ0) is 15.1. The van der Waals surface area contributed by atoms with Crippen LogP contribution in [-0.4, -0.2) is 13.7 Å². The number of nitrogen functional groups attached to an aromatic ring is 1. The number of hydrogen-bond acceptors (Lipinski definition) is 4. The highest BCUT2D eigenvalue weighted by atomic mass is 16.5. The molecule has 0 atom stereocenters. The van der Waals surface area contributed by atoms with Crippen molar-refractivity contribution in [1.29, 1.82) is 0 Å². The van der Waals surface area contributed by atoms with E-state index >= 15 is 0 Å². The molecular weight excluding hydrogens is 266 g/mol. The Kier molecular flexibility index (Phi) is 5.32. The minimum absolute atomic E-state index is 0.473. The number of benzene rings is 2. The van der Waals surface area contributed by atoms with Crippen molar-refractivity contribution in [3.05, 3.63) is 48.0 Å². The number of methoxy groups -OCH3 is 1. The third-order valence-corrected chi connectivity index (χ3v) is 2.94. The van der Waals surface area contributed by atoms with Gasteiger partial charge in [-0.2, -0.15) is 0 Å². The van der Waals surface area contributed by atoms with Gasteiger partial charge in [0, 0.05) is 23.9 Å². The summed E-state index contributed by atoms with van der Waals surface area (Å²) < 4.78 is 16.5. The summed E-state index contributed by atoms with van der Waals surface area (Å²) in [6.07, 6.45) is 0.955. The lowest BCUT2D eigenvalue weighted by Crippen LogP contribution is -1.99. The van der Waals surface area contributed by atoms with Gasteiger partial charge >= 0.3 is 0 Å². The van der Waals surface area contributed by atoms with Gasteiger partial charge < -0.3 is 19.9 Å². The maximum absolute atomic E-state index is 5.86. The third-order valence-electron chi connectivity index (χ3n) is 2.94. The topological polar surface area (TPSA) is 53.7 Å². The molecule has 21 heavy (non-hydrogen) atoms. The quantitative estimate of drug-likeness (QED) is 0.790. The summed E-state index contributed by atoms with van der Waals surface area (Å²) in [6, 6.07) is 13.2. The summed E-state index contributed by atoms with van der Waals surface area (Å²) in [5.41, 5.74) is 7.56. The first-order valence-electron chi connectivity index (χ1n) is 7.00. The summed E-state index contributed by atoms with van der Waals surface area (Å²) in [6.45, 7) is 3.20. The second-order valence-electron chi connectivity index (χ2n) is 4.72. The van der Waals surface area contributed by atoms with Gasteiger partial charge in [-0.05, 0) is 24.1 Å². The summed E-state index contributed by atoms with van der Waals surface area (Å²) >= 11 is 0. The average Bonchev–Trinajstić information content (AvgIpc) is 2.51. The van der Waals surface area contributed by atoms with Gasteiger partial charge in [-0.25, -0.2) is 0 Å². The van der Waals surface area contributed by atoms with Crippen LogP contribution in [0.25, 0.3) is 0 Å². The molecule has 4 nitrogen and oxygen atoms in total. The van der Waals surface area contributed by atoms with E-state index in [9.17, 15) is 0 Å². The van der Waals surface area contributed by atoms with E-state index in [1.54, 1.807) is 19.2 Å². The van der Waals surface area contributed by atoms with Crippen molar-refractivity contribution in [2.24, 2.45) is 0 Å². The Morgan fingerprint density at radius 2 is 1.57 bits per heavy atom. The van der Waals surface area contributed by atoms with Crippen molar-refractivity contribution in [2.75, 3.05) is 19.5 Å². The molecule has 2 aromatic rings. The number of rotatable bonds is 7. The smallest absolute Gasteiger partial charge is 0.125 e. The molecule has 0 aliphatic rings. The van der Waals surface area contributed by atoms with Crippen molar-refractivity contribution in [2.45, 2.75) is 20.0 Å². The molecule has 0 saturated heterocycles. The number of hydrogen-bond donors (Lipinski definition) is 1. The minimum Gasteiger partial charge on any atom is -0.497 e. The van der Waals surface area contributed by atoms with Crippen LogP contribution < -0.4 is 19.9 Å². The minimum atomic E-state index is 0.473. The SMILES string of the molecule is CCCOc1cc(N)cc(OCc2ccc(OC)cc2)c1. The molecule has 2 rings (SSSR count). The second kappa shape index (κ2) is 7.43. The molecule has 0 fully saturated rings. The van der Waals surface area contributed by atoms with Crippen LogP contribution in [0, 0.1) is 0 Å². The van der Waals surface area contributed by atoms with Crippen LogP contribution in [0.3, 0.4) is 0 Å². The fraction of sp³-hybridized carbons (Fsp3) is 0.294. The molecule has 0 aromatic heterocycles. The second-order valence-corrected chi connectivity index (χ2v) is 4.72. The van der Waals surface area contributed by atoms with Crippen LogP contribution in [0.1, 0.15) is 18.9 Å². The van der Waals surface area contributed by atoms with Crippen LogP contribution >= 0.6 is 0 Å². The van der Waals surface area contributed by atoms with E-state index in [1.165, 1.54) is 0 Å². The van der Waals surface area contributed by atoms with Crippen molar-refractivity contribution < 1.29 is 14.2 Å². The zero-order valence-electron chi connectivity index (χ0n) is 12.5. The summed E-state index contributed by atoms with van der Waals surface area (Å²) in [5, 5.41) is 0. The highest BCUT2D eigenvalue weighted by molar-refractivity contribution is 5.50. The van der Waals surface area contributed by atoms with Crippen molar-refractivity contribution >= 4 is 5.69 Å². The van der Waals surface area contributed by atoms with E-state index in [-0.39, 0.29) is 0 Å². The van der Waals surface area contributed by atoms with Crippen molar-refractivity contribution in [1.82, 2.24) is 0 Å². The fourth-order valence-corrected chi connectivity index (χ4v) is 1.87. The normalized spacial score (nSPS) is 10.2. The molecule has 0 unspecified atom stereocenters. The average molecular weight is 287 g/mol. The summed E-state index contributed by atoms with van der Waals surface area (Å²) in [4.78, 5) is 0. The Labute approximate surface area is 125 Å². The highest BCUT2D eigenvalue weighted by Crippen LogP contribution is 2.25. The lowest BCUT2D eigenvalue weighted by molar-refractivity contribution is 0.295. The third kappa shape index (κ3) is 4.60. The highest BCUT2D eigenvalue weighted by Gasteiger charge is 2.02. The van der Waals surface area contributed by atoms with Crippen LogP contribution in [0.4, 0.5) is 5.69 Å². The molecule has 0 amide bonds. The molecule has 0 aliphatic carbocycles. The Balaban J connectivity index is 1.99. The van der Waals surface area contributed by atoms with Gasteiger partial charge in [0.2, 0.25) is 0 Å². The molecule has 112 valence electrons. The van der Waals surface area contributed by atoms with E-state index in [0.29, 0.717) is 24.7 Å². The van der Waals surface area contributed by atoms with E-state index in [1.807, 2.05) is 30.3 Å². The molecule has 0 aliphatic heterocycles.